The van der Waals surface area contributed by atoms with Gasteiger partial charge in [0.1, 0.15) is 18.2 Å². The maximum Gasteiger partial charge on any atom is 0.307 e. The second kappa shape index (κ2) is 8.94. The van der Waals surface area contributed by atoms with Gasteiger partial charge >= 0.3 is 5.97 Å². The molecule has 1 heterocycles. The van der Waals surface area contributed by atoms with Gasteiger partial charge in [0.2, 0.25) is 0 Å². The molecule has 168 valence electrons. The third-order valence-corrected chi connectivity index (χ3v) is 6.02. The lowest BCUT2D eigenvalue weighted by molar-refractivity contribution is -0.135. The average Bonchev–Trinajstić information content (AvgIpc) is 3.08. The van der Waals surface area contributed by atoms with E-state index in [9.17, 15) is 14.3 Å². The van der Waals surface area contributed by atoms with E-state index in [1.165, 1.54) is 12.1 Å². The molecule has 0 spiro atoms. The highest BCUT2D eigenvalue weighted by Gasteiger charge is 2.25. The van der Waals surface area contributed by atoms with E-state index in [-0.39, 0.29) is 12.2 Å². The SMILES string of the molecule is CC1=C(CC(=O)O)c2cc(F)ccc2/C1=C\c1ccc(OCc2ccc3ccccc3n2)cc1. The number of nitrogens with zero attached hydrogens (tertiary/aromatic N) is 1. The number of aliphatic carboxylic acids is 1. The number of carboxylic acid groups (broad SMARTS) is 1. The van der Waals surface area contributed by atoms with Gasteiger partial charge in [0.25, 0.3) is 0 Å². The molecule has 5 heteroatoms. The van der Waals surface area contributed by atoms with Crippen LogP contribution in [0.3, 0.4) is 0 Å². The van der Waals surface area contributed by atoms with E-state index < -0.39 is 5.97 Å². The topological polar surface area (TPSA) is 59.4 Å². The summed E-state index contributed by atoms with van der Waals surface area (Å²) in [7, 11) is 0. The number of hydrogen-bond acceptors (Lipinski definition) is 3. The molecule has 0 bridgehead atoms. The minimum Gasteiger partial charge on any atom is -0.487 e. The summed E-state index contributed by atoms with van der Waals surface area (Å²) in [6.45, 7) is 2.25. The van der Waals surface area contributed by atoms with Crippen LogP contribution in [0.4, 0.5) is 4.39 Å². The van der Waals surface area contributed by atoms with Crippen molar-refractivity contribution in [3.63, 3.8) is 0 Å². The molecule has 1 aliphatic carbocycles. The molecule has 4 aromatic rings. The van der Waals surface area contributed by atoms with Crippen LogP contribution in [0.25, 0.3) is 28.1 Å². The lowest BCUT2D eigenvalue weighted by Crippen LogP contribution is -1.98. The highest BCUT2D eigenvalue weighted by atomic mass is 19.1. The number of allylic oxidation sites excluding steroid dienone is 2. The van der Waals surface area contributed by atoms with E-state index in [1.54, 1.807) is 6.07 Å². The summed E-state index contributed by atoms with van der Waals surface area (Å²) in [6.07, 6.45) is 1.85. The first-order chi connectivity index (χ1) is 16.5. The van der Waals surface area contributed by atoms with Crippen LogP contribution in [0.15, 0.2) is 84.4 Å². The first-order valence-electron chi connectivity index (χ1n) is 11.0. The highest BCUT2D eigenvalue weighted by molar-refractivity contribution is 6.07. The number of fused-ring (bicyclic) bond motifs is 2. The maximum atomic E-state index is 13.9. The van der Waals surface area contributed by atoms with E-state index in [0.717, 1.165) is 44.6 Å². The largest absolute Gasteiger partial charge is 0.487 e. The van der Waals surface area contributed by atoms with Crippen molar-refractivity contribution in [2.24, 2.45) is 0 Å². The molecule has 1 N–H and O–H groups in total. The molecular formula is C29H22FNO3. The summed E-state index contributed by atoms with van der Waals surface area (Å²) in [5.41, 5.74) is 6.63. The van der Waals surface area contributed by atoms with Crippen LogP contribution < -0.4 is 4.74 Å². The van der Waals surface area contributed by atoms with E-state index >= 15 is 0 Å². The molecule has 5 rings (SSSR count). The van der Waals surface area contributed by atoms with Crippen molar-refractivity contribution in [2.75, 3.05) is 0 Å². The molecule has 0 saturated carbocycles. The number of halogens is 1. The molecular weight excluding hydrogens is 429 g/mol. The standard InChI is InChI=1S/C29H22FNO3/c1-18-25(24-13-9-21(30)15-27(24)26(18)16-29(32)33)14-19-6-11-23(12-7-19)34-17-22-10-8-20-4-2-3-5-28(20)31-22/h2-15H,16-17H2,1H3,(H,32,33)/b25-14-. The first-order valence-corrected chi connectivity index (χ1v) is 11.0. The van der Waals surface area contributed by atoms with Gasteiger partial charge in [-0.2, -0.15) is 0 Å². The Morgan fingerprint density at radius 1 is 1.00 bits per heavy atom. The Morgan fingerprint density at radius 3 is 2.59 bits per heavy atom. The molecule has 1 aromatic heterocycles. The fourth-order valence-corrected chi connectivity index (χ4v) is 4.31. The summed E-state index contributed by atoms with van der Waals surface area (Å²) in [6, 6.07) is 24.2. The van der Waals surface area contributed by atoms with E-state index in [2.05, 4.69) is 4.98 Å². The number of hydrogen-bond donors (Lipinski definition) is 1. The lowest BCUT2D eigenvalue weighted by atomic mass is 10.0. The summed E-state index contributed by atoms with van der Waals surface area (Å²) in [4.78, 5) is 16.0. The summed E-state index contributed by atoms with van der Waals surface area (Å²) in [5, 5.41) is 10.4. The van der Waals surface area contributed by atoms with Gasteiger partial charge in [-0.25, -0.2) is 9.37 Å². The van der Waals surface area contributed by atoms with E-state index in [0.29, 0.717) is 17.7 Å². The van der Waals surface area contributed by atoms with Crippen LogP contribution in [0, 0.1) is 5.82 Å². The number of carbonyl (C=O) groups is 1. The monoisotopic (exact) mass is 451 g/mol. The van der Waals surface area contributed by atoms with Crippen molar-refractivity contribution in [1.82, 2.24) is 4.98 Å². The number of aromatic nitrogens is 1. The third-order valence-electron chi connectivity index (χ3n) is 6.02. The van der Waals surface area contributed by atoms with Crippen LogP contribution in [0.1, 0.15) is 35.7 Å². The van der Waals surface area contributed by atoms with Gasteiger partial charge in [-0.3, -0.25) is 4.79 Å². The number of carboxylic acids is 1. The van der Waals surface area contributed by atoms with Crippen molar-refractivity contribution in [3.05, 3.63) is 113 Å². The molecule has 0 radical (unpaired) electrons. The third kappa shape index (κ3) is 4.33. The molecule has 0 amide bonds. The van der Waals surface area contributed by atoms with Gasteiger partial charge in [-0.1, -0.05) is 42.5 Å². The fourth-order valence-electron chi connectivity index (χ4n) is 4.31. The van der Waals surface area contributed by atoms with Crippen LogP contribution in [-0.2, 0) is 11.4 Å². The smallest absolute Gasteiger partial charge is 0.307 e. The van der Waals surface area contributed by atoms with Crippen molar-refractivity contribution in [1.29, 1.82) is 0 Å². The Labute approximate surface area is 196 Å². The minimum absolute atomic E-state index is 0.144. The quantitative estimate of drug-likeness (QED) is 0.352. The van der Waals surface area contributed by atoms with Gasteiger partial charge in [0.05, 0.1) is 17.6 Å². The molecule has 0 aliphatic heterocycles. The number of ether oxygens (including phenoxy) is 1. The first kappa shape index (κ1) is 21.6. The fraction of sp³-hybridized carbons (Fsp3) is 0.103. The number of para-hydroxylation sites is 1. The van der Waals surface area contributed by atoms with Gasteiger partial charge in [0.15, 0.2) is 0 Å². The molecule has 0 fully saturated rings. The Bertz CT molecular complexity index is 1470. The molecule has 0 unspecified atom stereocenters. The van der Waals surface area contributed by atoms with Crippen molar-refractivity contribution in [3.8, 4) is 5.75 Å². The van der Waals surface area contributed by atoms with Gasteiger partial charge in [-0.05, 0) is 82.8 Å². The Balaban J connectivity index is 1.36. The molecule has 0 saturated heterocycles. The Kier molecular flexibility index (Phi) is 5.68. The molecule has 1 aliphatic rings. The van der Waals surface area contributed by atoms with Crippen LogP contribution in [-0.4, -0.2) is 16.1 Å². The van der Waals surface area contributed by atoms with E-state index in [4.69, 9.17) is 4.74 Å². The van der Waals surface area contributed by atoms with Crippen LogP contribution in [0.5, 0.6) is 5.75 Å². The second-order valence-electron chi connectivity index (χ2n) is 8.27. The zero-order chi connectivity index (χ0) is 23.7. The number of pyridine rings is 1. The summed E-state index contributed by atoms with van der Waals surface area (Å²) >= 11 is 0. The summed E-state index contributed by atoms with van der Waals surface area (Å²) in [5.74, 6) is -0.587. The van der Waals surface area contributed by atoms with Crippen LogP contribution in [0.2, 0.25) is 0 Å². The Hall–Kier alpha value is -4.25. The maximum absolute atomic E-state index is 13.9. The van der Waals surface area contributed by atoms with E-state index in [1.807, 2.05) is 73.7 Å². The lowest BCUT2D eigenvalue weighted by Gasteiger charge is -2.08. The molecule has 4 nitrogen and oxygen atoms in total. The zero-order valence-corrected chi connectivity index (χ0v) is 18.6. The van der Waals surface area contributed by atoms with Crippen molar-refractivity contribution < 1.29 is 19.0 Å². The molecule has 34 heavy (non-hydrogen) atoms. The van der Waals surface area contributed by atoms with Gasteiger partial charge in [-0.15, -0.1) is 0 Å². The minimum atomic E-state index is -0.937. The molecule has 3 aromatic carbocycles. The zero-order valence-electron chi connectivity index (χ0n) is 18.6. The van der Waals surface area contributed by atoms with Crippen LogP contribution >= 0.6 is 0 Å². The van der Waals surface area contributed by atoms with Crippen molar-refractivity contribution in [2.45, 2.75) is 20.0 Å². The van der Waals surface area contributed by atoms with Gasteiger partial charge < -0.3 is 9.84 Å². The predicted molar refractivity (Wildman–Crippen MR) is 132 cm³/mol. The highest BCUT2D eigenvalue weighted by Crippen LogP contribution is 2.43. The Morgan fingerprint density at radius 2 is 1.79 bits per heavy atom. The second-order valence-corrected chi connectivity index (χ2v) is 8.27. The normalized spacial score (nSPS) is 14.0. The molecule has 0 atom stereocenters. The predicted octanol–water partition coefficient (Wildman–Crippen LogP) is 6.76. The average molecular weight is 451 g/mol. The van der Waals surface area contributed by atoms with Crippen molar-refractivity contribution >= 4 is 34.1 Å². The van der Waals surface area contributed by atoms with Gasteiger partial charge in [0, 0.05) is 5.39 Å². The summed E-state index contributed by atoms with van der Waals surface area (Å²) < 4.78 is 19.8. The number of rotatable bonds is 6. The number of benzene rings is 3.